The molecule has 1 N–H and O–H groups in total. The number of piperidine rings is 1. The predicted molar refractivity (Wildman–Crippen MR) is 132 cm³/mol. The smallest absolute Gasteiger partial charge is 0.393 e. The highest BCUT2D eigenvalue weighted by atomic mass is 35.5. The zero-order chi connectivity index (χ0) is 27.7. The molecule has 2 aromatic rings. The van der Waals surface area contributed by atoms with Crippen LogP contribution in [0.1, 0.15) is 47.4 Å². The summed E-state index contributed by atoms with van der Waals surface area (Å²) in [4.78, 5) is 2.16. The van der Waals surface area contributed by atoms with Crippen molar-refractivity contribution in [3.05, 3.63) is 70.5 Å². The number of likely N-dealkylation sites (tertiary alicyclic amines) is 1. The highest BCUT2D eigenvalue weighted by Gasteiger charge is 2.43. The summed E-state index contributed by atoms with van der Waals surface area (Å²) in [6.45, 7) is 0.841. The number of hydrogen-bond acceptors (Lipinski definition) is 4. The van der Waals surface area contributed by atoms with E-state index in [2.05, 4.69) is 4.90 Å². The molecule has 4 nitrogen and oxygen atoms in total. The van der Waals surface area contributed by atoms with E-state index in [4.69, 9.17) is 9.47 Å². The Balaban J connectivity index is 0.00000420. The molecule has 2 aliphatic rings. The first kappa shape index (κ1) is 31.6. The average Bonchev–Trinajstić information content (AvgIpc) is 2.85. The van der Waals surface area contributed by atoms with Gasteiger partial charge in [-0.3, -0.25) is 0 Å². The van der Waals surface area contributed by atoms with Crippen molar-refractivity contribution in [3.63, 3.8) is 0 Å². The van der Waals surface area contributed by atoms with Gasteiger partial charge in [-0.2, -0.15) is 26.3 Å². The van der Waals surface area contributed by atoms with Gasteiger partial charge in [-0.05, 0) is 80.1 Å². The van der Waals surface area contributed by atoms with Crippen molar-refractivity contribution < 1.29 is 45.3 Å². The second kappa shape index (κ2) is 12.7. The summed E-state index contributed by atoms with van der Waals surface area (Å²) in [5, 5.41) is 10.3. The van der Waals surface area contributed by atoms with Crippen molar-refractivity contribution >= 4 is 12.4 Å². The molecule has 2 saturated heterocycles. The highest BCUT2D eigenvalue weighted by molar-refractivity contribution is 5.85. The largest absolute Gasteiger partial charge is 0.416 e. The first-order chi connectivity index (χ1) is 17.8. The number of aliphatic hydroxyl groups excluding tert-OH is 1. The minimum absolute atomic E-state index is 0. The zero-order valence-corrected chi connectivity index (χ0v) is 22.0. The summed E-state index contributed by atoms with van der Waals surface area (Å²) >= 11 is 0. The highest BCUT2D eigenvalue weighted by Crippen LogP contribution is 2.42. The van der Waals surface area contributed by atoms with E-state index in [0.29, 0.717) is 44.5 Å². The van der Waals surface area contributed by atoms with Gasteiger partial charge in [-0.1, -0.05) is 12.1 Å². The SMILES string of the molecule is CN1CCC(O)CC1C1CCO[C@@H](OCCc2cc(C(F)(F)F)cc(C(F)(F)F)c2)[C@H]1c1ccc(F)cc1.Cl. The summed E-state index contributed by atoms with van der Waals surface area (Å²) in [7, 11) is 1.97. The van der Waals surface area contributed by atoms with E-state index in [9.17, 15) is 35.8 Å². The molecule has 2 heterocycles. The van der Waals surface area contributed by atoms with Crippen LogP contribution in [0.15, 0.2) is 42.5 Å². The molecule has 2 aliphatic heterocycles. The van der Waals surface area contributed by atoms with Crippen LogP contribution >= 0.6 is 12.4 Å². The van der Waals surface area contributed by atoms with Crippen LogP contribution in [0.2, 0.25) is 0 Å². The minimum atomic E-state index is -4.93. The topological polar surface area (TPSA) is 41.9 Å². The molecule has 12 heteroatoms. The summed E-state index contributed by atoms with van der Waals surface area (Å²) in [5.41, 5.74) is -2.17. The number of benzene rings is 2. The van der Waals surface area contributed by atoms with E-state index in [1.54, 1.807) is 12.1 Å². The molecule has 218 valence electrons. The second-order valence-corrected chi connectivity index (χ2v) is 10.0. The maximum absolute atomic E-state index is 13.7. The van der Waals surface area contributed by atoms with Gasteiger partial charge in [-0.25, -0.2) is 4.39 Å². The Morgan fingerprint density at radius 1 is 0.974 bits per heavy atom. The average molecular weight is 586 g/mol. The monoisotopic (exact) mass is 585 g/mol. The fourth-order valence-corrected chi connectivity index (χ4v) is 5.53. The number of ether oxygens (including phenoxy) is 2. The summed E-state index contributed by atoms with van der Waals surface area (Å²) < 4.78 is 105. The molecule has 0 aliphatic carbocycles. The van der Waals surface area contributed by atoms with Gasteiger partial charge in [-0.15, -0.1) is 12.4 Å². The fraction of sp³-hybridized carbons (Fsp3) is 0.556. The number of halogens is 8. The third-order valence-corrected chi connectivity index (χ3v) is 7.45. The maximum atomic E-state index is 13.7. The molecule has 4 rings (SSSR count). The van der Waals surface area contributed by atoms with Crippen molar-refractivity contribution in [1.29, 1.82) is 0 Å². The fourth-order valence-electron chi connectivity index (χ4n) is 5.53. The Labute approximate surface area is 228 Å². The van der Waals surface area contributed by atoms with E-state index in [0.717, 1.165) is 5.56 Å². The van der Waals surface area contributed by atoms with Gasteiger partial charge >= 0.3 is 12.4 Å². The summed E-state index contributed by atoms with van der Waals surface area (Å²) in [6.07, 6.45) is -9.54. The van der Waals surface area contributed by atoms with E-state index >= 15 is 0 Å². The van der Waals surface area contributed by atoms with E-state index in [-0.39, 0.29) is 54.9 Å². The lowest BCUT2D eigenvalue weighted by molar-refractivity contribution is -0.196. The van der Waals surface area contributed by atoms with Gasteiger partial charge in [0.15, 0.2) is 6.29 Å². The molecular formula is C27H31ClF7NO3. The molecule has 0 aromatic heterocycles. The molecule has 0 bridgehead atoms. The van der Waals surface area contributed by atoms with E-state index < -0.39 is 41.7 Å². The van der Waals surface area contributed by atoms with Crippen LogP contribution in [0, 0.1) is 11.7 Å². The number of hydrogen-bond donors (Lipinski definition) is 1. The van der Waals surface area contributed by atoms with Gasteiger partial charge in [0.05, 0.1) is 30.4 Å². The van der Waals surface area contributed by atoms with Crippen LogP contribution in [0.5, 0.6) is 0 Å². The van der Waals surface area contributed by atoms with Gasteiger partial charge < -0.3 is 19.5 Å². The van der Waals surface area contributed by atoms with Gasteiger partial charge in [0, 0.05) is 18.5 Å². The third-order valence-electron chi connectivity index (χ3n) is 7.45. The summed E-state index contributed by atoms with van der Waals surface area (Å²) in [5.74, 6) is -0.839. The van der Waals surface area contributed by atoms with Crippen LogP contribution in [0.25, 0.3) is 0 Å². The van der Waals surface area contributed by atoms with Gasteiger partial charge in [0.1, 0.15) is 5.82 Å². The van der Waals surface area contributed by atoms with Crippen LogP contribution in [-0.4, -0.2) is 55.2 Å². The molecule has 2 fully saturated rings. The first-order valence-electron chi connectivity index (χ1n) is 12.5. The number of aliphatic hydroxyl groups is 1. The molecule has 0 spiro atoms. The Bertz CT molecular complexity index is 1050. The summed E-state index contributed by atoms with van der Waals surface area (Å²) in [6, 6.07) is 7.36. The Morgan fingerprint density at radius 3 is 2.18 bits per heavy atom. The van der Waals surface area contributed by atoms with Crippen LogP contribution in [0.3, 0.4) is 0 Å². The van der Waals surface area contributed by atoms with Gasteiger partial charge in [0.2, 0.25) is 0 Å². The van der Waals surface area contributed by atoms with E-state index in [1.165, 1.54) is 12.1 Å². The number of rotatable bonds is 6. The van der Waals surface area contributed by atoms with E-state index in [1.807, 2.05) is 7.05 Å². The number of alkyl halides is 6. The van der Waals surface area contributed by atoms with Crippen molar-refractivity contribution in [2.75, 3.05) is 26.8 Å². The first-order valence-corrected chi connectivity index (χ1v) is 12.5. The van der Waals surface area contributed by atoms with Crippen LogP contribution in [-0.2, 0) is 28.2 Å². The van der Waals surface area contributed by atoms with Crippen molar-refractivity contribution in [2.24, 2.45) is 5.92 Å². The Hall–Kier alpha value is -1.92. The van der Waals surface area contributed by atoms with Crippen molar-refractivity contribution in [1.82, 2.24) is 4.90 Å². The predicted octanol–water partition coefficient (Wildman–Crippen LogP) is 6.45. The normalized spacial score (nSPS) is 26.7. The molecule has 2 aromatic carbocycles. The molecule has 0 amide bonds. The quantitative estimate of drug-likeness (QED) is 0.396. The van der Waals surface area contributed by atoms with Crippen molar-refractivity contribution in [2.45, 2.75) is 62.4 Å². The Morgan fingerprint density at radius 2 is 1.59 bits per heavy atom. The van der Waals surface area contributed by atoms with Crippen LogP contribution in [0.4, 0.5) is 30.7 Å². The minimum Gasteiger partial charge on any atom is -0.393 e. The Kier molecular flexibility index (Phi) is 10.3. The molecule has 5 atom stereocenters. The molecule has 0 radical (unpaired) electrons. The maximum Gasteiger partial charge on any atom is 0.416 e. The lowest BCUT2D eigenvalue weighted by Crippen LogP contribution is -2.51. The standard InChI is InChI=1S/C27H30F7NO3.ClH/c1-35-9-6-21(36)15-23(35)22-8-11-38-25(24(22)17-2-4-20(28)5-3-17)37-10-7-16-12-18(26(29,30)31)14-19(13-16)27(32,33)34;/h2-5,12-14,21-25,36H,6-11,15H2,1H3;1H/t21?,22?,23?,24-,25+;/m0./s1. The second-order valence-electron chi connectivity index (χ2n) is 10.0. The molecule has 0 saturated carbocycles. The number of nitrogens with zero attached hydrogens (tertiary/aromatic N) is 1. The third kappa shape index (κ3) is 7.85. The molecule has 39 heavy (non-hydrogen) atoms. The molecule has 3 unspecified atom stereocenters. The lowest BCUT2D eigenvalue weighted by atomic mass is 9.74. The van der Waals surface area contributed by atoms with Crippen LogP contribution < -0.4 is 0 Å². The molecular weight excluding hydrogens is 555 g/mol. The van der Waals surface area contributed by atoms with Crippen molar-refractivity contribution in [3.8, 4) is 0 Å². The van der Waals surface area contributed by atoms with Gasteiger partial charge in [0.25, 0.3) is 0 Å². The zero-order valence-electron chi connectivity index (χ0n) is 21.1. The lowest BCUT2D eigenvalue weighted by Gasteiger charge is -2.47.